The molecule has 0 atom stereocenters. The molecule has 2 N–H and O–H groups in total. The second-order valence-corrected chi connectivity index (χ2v) is 2.75. The first-order valence-electron chi connectivity index (χ1n) is 4.20. The third kappa shape index (κ3) is 10.1. The van der Waals surface area contributed by atoms with E-state index >= 15 is 0 Å². The SMILES string of the molecule is FC(F)(F)c1c[c-]ccc1.O=C(O)CC(=O)O.[Na+]. The first-order chi connectivity index (χ1) is 7.73. The number of rotatable bonds is 2. The minimum atomic E-state index is -4.24. The van der Waals surface area contributed by atoms with Crippen LogP contribution in [0.4, 0.5) is 13.2 Å². The fourth-order valence-electron chi connectivity index (χ4n) is 0.699. The molecule has 94 valence electrons. The summed E-state index contributed by atoms with van der Waals surface area (Å²) < 4.78 is 35.3. The molecule has 18 heavy (non-hydrogen) atoms. The van der Waals surface area contributed by atoms with Crippen molar-refractivity contribution in [3.8, 4) is 0 Å². The summed E-state index contributed by atoms with van der Waals surface area (Å²) in [4.78, 5) is 18.9. The molecule has 0 saturated carbocycles. The Bertz CT molecular complexity index is 366. The van der Waals surface area contributed by atoms with Gasteiger partial charge in [-0.1, -0.05) is 5.56 Å². The Morgan fingerprint density at radius 2 is 1.72 bits per heavy atom. The first-order valence-corrected chi connectivity index (χ1v) is 4.20. The zero-order valence-electron chi connectivity index (χ0n) is 9.36. The molecule has 1 rings (SSSR count). The molecule has 0 bridgehead atoms. The molecule has 0 saturated heterocycles. The van der Waals surface area contributed by atoms with Crippen LogP contribution in [0.25, 0.3) is 0 Å². The molecule has 8 heteroatoms. The van der Waals surface area contributed by atoms with Gasteiger partial charge < -0.3 is 10.2 Å². The zero-order chi connectivity index (χ0) is 13.5. The monoisotopic (exact) mass is 272 g/mol. The van der Waals surface area contributed by atoms with E-state index in [1.165, 1.54) is 12.1 Å². The number of alkyl halides is 3. The molecular formula is C10H8F3NaO4. The fraction of sp³-hybridized carbons (Fsp3) is 0.200. The van der Waals surface area contributed by atoms with Crippen molar-refractivity contribution in [3.63, 3.8) is 0 Å². The molecule has 0 radical (unpaired) electrons. The van der Waals surface area contributed by atoms with Gasteiger partial charge in [0.05, 0.1) is 0 Å². The molecule has 0 aliphatic carbocycles. The quantitative estimate of drug-likeness (QED) is 0.414. The van der Waals surface area contributed by atoms with Crippen LogP contribution in [0.15, 0.2) is 24.3 Å². The Hall–Kier alpha value is -1.05. The van der Waals surface area contributed by atoms with E-state index in [0.717, 1.165) is 12.1 Å². The topological polar surface area (TPSA) is 74.6 Å². The number of carboxylic acid groups (broad SMARTS) is 2. The molecule has 0 fully saturated rings. The Morgan fingerprint density at radius 1 is 1.22 bits per heavy atom. The van der Waals surface area contributed by atoms with Crippen LogP contribution in [0.2, 0.25) is 0 Å². The molecule has 0 spiro atoms. The van der Waals surface area contributed by atoms with E-state index in [-0.39, 0.29) is 29.6 Å². The number of hydrogen-bond acceptors (Lipinski definition) is 2. The largest absolute Gasteiger partial charge is 1.00 e. The third-order valence-corrected chi connectivity index (χ3v) is 1.34. The van der Waals surface area contributed by atoms with Crippen molar-refractivity contribution < 1.29 is 62.5 Å². The molecule has 4 nitrogen and oxygen atoms in total. The normalized spacial score (nSPS) is 9.50. The van der Waals surface area contributed by atoms with Crippen LogP contribution in [-0.2, 0) is 15.8 Å². The number of carbonyl (C=O) groups is 2. The average Bonchev–Trinajstić information content (AvgIpc) is 2.16. The Morgan fingerprint density at radius 3 is 1.89 bits per heavy atom. The van der Waals surface area contributed by atoms with Gasteiger partial charge in [0.15, 0.2) is 0 Å². The van der Waals surface area contributed by atoms with E-state index in [2.05, 4.69) is 6.07 Å². The first kappa shape index (κ1) is 19.3. The maximum atomic E-state index is 11.8. The second-order valence-electron chi connectivity index (χ2n) is 2.75. The van der Waals surface area contributed by atoms with E-state index < -0.39 is 30.1 Å². The predicted octanol–water partition coefficient (Wildman–Crippen LogP) is -0.945. The van der Waals surface area contributed by atoms with E-state index in [0.29, 0.717) is 0 Å². The van der Waals surface area contributed by atoms with Crippen molar-refractivity contribution in [2.24, 2.45) is 0 Å². The van der Waals surface area contributed by atoms with Crippen LogP contribution in [0, 0.1) is 6.07 Å². The Kier molecular flexibility index (Phi) is 9.60. The molecule has 1 aromatic carbocycles. The molecule has 0 aliphatic rings. The average molecular weight is 272 g/mol. The van der Waals surface area contributed by atoms with Gasteiger partial charge in [-0.3, -0.25) is 9.59 Å². The number of halogens is 3. The van der Waals surface area contributed by atoms with Crippen molar-refractivity contribution >= 4 is 11.9 Å². The van der Waals surface area contributed by atoms with E-state index in [4.69, 9.17) is 10.2 Å². The van der Waals surface area contributed by atoms with Crippen LogP contribution in [-0.4, -0.2) is 22.2 Å². The van der Waals surface area contributed by atoms with Crippen LogP contribution in [0.1, 0.15) is 12.0 Å². The molecule has 0 amide bonds. The summed E-state index contributed by atoms with van der Waals surface area (Å²) in [5.41, 5.74) is -0.657. The van der Waals surface area contributed by atoms with Gasteiger partial charge in [-0.15, -0.1) is 0 Å². The van der Waals surface area contributed by atoms with Crippen LogP contribution in [0.5, 0.6) is 0 Å². The number of carboxylic acids is 2. The van der Waals surface area contributed by atoms with Crippen molar-refractivity contribution in [3.05, 3.63) is 35.9 Å². The number of aliphatic carboxylic acids is 2. The van der Waals surface area contributed by atoms with Gasteiger partial charge in [0.25, 0.3) is 0 Å². The summed E-state index contributed by atoms with van der Waals surface area (Å²) >= 11 is 0. The van der Waals surface area contributed by atoms with Crippen LogP contribution < -0.4 is 29.6 Å². The van der Waals surface area contributed by atoms with Gasteiger partial charge >= 0.3 is 47.7 Å². The maximum absolute atomic E-state index is 11.8. The van der Waals surface area contributed by atoms with E-state index in [9.17, 15) is 22.8 Å². The molecule has 0 aliphatic heterocycles. The molecular weight excluding hydrogens is 264 g/mol. The van der Waals surface area contributed by atoms with Crippen molar-refractivity contribution in [1.29, 1.82) is 0 Å². The maximum Gasteiger partial charge on any atom is 1.00 e. The van der Waals surface area contributed by atoms with Gasteiger partial charge in [-0.2, -0.15) is 43.5 Å². The summed E-state index contributed by atoms with van der Waals surface area (Å²) in [6, 6.07) is 7.01. The third-order valence-electron chi connectivity index (χ3n) is 1.34. The minimum absolute atomic E-state index is 0. The number of hydrogen-bond donors (Lipinski definition) is 2. The van der Waals surface area contributed by atoms with Gasteiger partial charge in [-0.25, -0.2) is 0 Å². The second kappa shape index (κ2) is 8.96. The standard InChI is InChI=1S/C7H4F3.C3H4O4.Na/c8-7(9,10)6-4-2-1-3-5-6;4-2(5)1-3(6)7;/h1-2,4-5H;1H2,(H,4,5)(H,6,7);/q-1;;+1. The van der Waals surface area contributed by atoms with Crippen molar-refractivity contribution in [2.75, 3.05) is 0 Å². The molecule has 0 aromatic heterocycles. The summed E-state index contributed by atoms with van der Waals surface area (Å²) in [6.45, 7) is 0. The summed E-state index contributed by atoms with van der Waals surface area (Å²) in [5.74, 6) is -2.62. The Balaban J connectivity index is 0. The van der Waals surface area contributed by atoms with E-state index in [1.807, 2.05) is 0 Å². The van der Waals surface area contributed by atoms with Crippen molar-refractivity contribution in [2.45, 2.75) is 12.6 Å². The summed E-state index contributed by atoms with van der Waals surface area (Å²) in [6.07, 6.45) is -5.04. The van der Waals surface area contributed by atoms with Crippen LogP contribution >= 0.6 is 0 Å². The fourth-order valence-corrected chi connectivity index (χ4v) is 0.699. The molecule has 1 aromatic rings. The van der Waals surface area contributed by atoms with E-state index in [1.54, 1.807) is 0 Å². The summed E-state index contributed by atoms with van der Waals surface area (Å²) in [5, 5.41) is 15.4. The number of benzene rings is 1. The predicted molar refractivity (Wildman–Crippen MR) is 50.2 cm³/mol. The smallest absolute Gasteiger partial charge is 0.481 e. The summed E-state index contributed by atoms with van der Waals surface area (Å²) in [7, 11) is 0. The molecule has 0 unspecified atom stereocenters. The molecule has 0 heterocycles. The van der Waals surface area contributed by atoms with Crippen LogP contribution in [0.3, 0.4) is 0 Å². The van der Waals surface area contributed by atoms with Crippen molar-refractivity contribution in [1.82, 2.24) is 0 Å². The van der Waals surface area contributed by atoms with Gasteiger partial charge in [0.1, 0.15) is 6.42 Å². The minimum Gasteiger partial charge on any atom is -0.481 e. The van der Waals surface area contributed by atoms with Gasteiger partial charge in [-0.05, 0) is 0 Å². The van der Waals surface area contributed by atoms with Gasteiger partial charge in [0, 0.05) is 0 Å². The van der Waals surface area contributed by atoms with Gasteiger partial charge in [0.2, 0.25) is 0 Å². The Labute approximate surface area is 123 Å². The zero-order valence-corrected chi connectivity index (χ0v) is 11.4.